The number of carboxylic acid groups (broad SMARTS) is 1. The minimum absolute atomic E-state index is 0.0849. The van der Waals surface area contributed by atoms with Crippen LogP contribution in [0.4, 0.5) is 5.82 Å². The Kier molecular flexibility index (Phi) is 3.45. The summed E-state index contributed by atoms with van der Waals surface area (Å²) in [6.45, 7) is 0. The molecule has 1 aliphatic rings. The fraction of sp³-hybridized carbons (Fsp3) is 0.417. The normalized spacial score (nSPS) is 22.7. The summed E-state index contributed by atoms with van der Waals surface area (Å²) in [5.41, 5.74) is 5.57. The van der Waals surface area contributed by atoms with Crippen LogP contribution in [0, 0.1) is 5.92 Å². The van der Waals surface area contributed by atoms with E-state index < -0.39 is 11.9 Å². The summed E-state index contributed by atoms with van der Waals surface area (Å²) in [7, 11) is 0. The molecule has 0 aromatic carbocycles. The molecule has 6 heteroatoms. The summed E-state index contributed by atoms with van der Waals surface area (Å²) < 4.78 is 0. The highest BCUT2D eigenvalue weighted by Crippen LogP contribution is 2.27. The molecule has 6 nitrogen and oxygen atoms in total. The Balaban J connectivity index is 2.00. The largest absolute Gasteiger partial charge is 0.481 e. The predicted molar refractivity (Wildman–Crippen MR) is 65.1 cm³/mol. The van der Waals surface area contributed by atoms with Gasteiger partial charge in [0.25, 0.3) is 0 Å². The van der Waals surface area contributed by atoms with E-state index in [0.29, 0.717) is 24.2 Å². The van der Waals surface area contributed by atoms with Crippen molar-refractivity contribution in [2.45, 2.75) is 25.3 Å². The van der Waals surface area contributed by atoms with Crippen LogP contribution < -0.4 is 11.1 Å². The van der Waals surface area contributed by atoms with Gasteiger partial charge in [0.1, 0.15) is 5.82 Å². The Labute approximate surface area is 104 Å². The van der Waals surface area contributed by atoms with E-state index in [9.17, 15) is 9.59 Å². The molecule has 0 unspecified atom stereocenters. The lowest BCUT2D eigenvalue weighted by Crippen LogP contribution is -2.19. The molecule has 4 N–H and O–H groups in total. The van der Waals surface area contributed by atoms with Gasteiger partial charge in [-0.3, -0.25) is 9.59 Å². The number of carbonyl (C=O) groups excluding carboxylic acids is 1. The molecule has 1 fully saturated rings. The number of hydrogen-bond acceptors (Lipinski definition) is 4. The van der Waals surface area contributed by atoms with Gasteiger partial charge in [-0.1, -0.05) is 0 Å². The van der Waals surface area contributed by atoms with Crippen molar-refractivity contribution in [3.63, 3.8) is 0 Å². The van der Waals surface area contributed by atoms with Crippen LogP contribution in [0.5, 0.6) is 0 Å². The van der Waals surface area contributed by atoms with Crippen LogP contribution in [0.25, 0.3) is 0 Å². The highest BCUT2D eigenvalue weighted by molar-refractivity contribution is 5.93. The number of carboxylic acids is 1. The smallest absolute Gasteiger partial charge is 0.306 e. The second-order valence-electron chi connectivity index (χ2n) is 4.48. The number of aromatic nitrogens is 1. The quantitative estimate of drug-likeness (QED) is 0.733. The van der Waals surface area contributed by atoms with E-state index in [1.54, 1.807) is 12.1 Å². The molecule has 2 atom stereocenters. The van der Waals surface area contributed by atoms with Crippen molar-refractivity contribution < 1.29 is 14.7 Å². The summed E-state index contributed by atoms with van der Waals surface area (Å²) in [5.74, 6) is -0.988. The van der Waals surface area contributed by atoms with Crippen molar-refractivity contribution in [2.75, 3.05) is 5.32 Å². The summed E-state index contributed by atoms with van der Waals surface area (Å²) in [6.07, 6.45) is 3.55. The molecule has 0 spiro atoms. The Morgan fingerprint density at radius 2 is 2.22 bits per heavy atom. The molecular formula is C12H15N3O3. The summed E-state index contributed by atoms with van der Waals surface area (Å²) in [6, 6.07) is 3.21. The lowest BCUT2D eigenvalue weighted by Gasteiger charge is -2.13. The number of carbonyl (C=O) groups is 2. The zero-order chi connectivity index (χ0) is 13.1. The van der Waals surface area contributed by atoms with E-state index in [1.807, 2.05) is 0 Å². The van der Waals surface area contributed by atoms with E-state index >= 15 is 0 Å². The third kappa shape index (κ3) is 2.77. The maximum absolute atomic E-state index is 11.0. The first-order valence-electron chi connectivity index (χ1n) is 5.81. The first-order valence-corrected chi connectivity index (χ1v) is 5.81. The van der Waals surface area contributed by atoms with Gasteiger partial charge in [-0.15, -0.1) is 0 Å². The zero-order valence-electron chi connectivity index (χ0n) is 9.80. The van der Waals surface area contributed by atoms with E-state index in [-0.39, 0.29) is 12.0 Å². The number of amides is 1. The lowest BCUT2D eigenvalue weighted by atomic mass is 10.1. The van der Waals surface area contributed by atoms with Gasteiger partial charge in [0.15, 0.2) is 0 Å². The molecule has 2 rings (SSSR count). The fourth-order valence-electron chi connectivity index (χ4n) is 2.21. The molecule has 1 saturated carbocycles. The van der Waals surface area contributed by atoms with E-state index in [1.165, 1.54) is 6.20 Å². The average Bonchev–Trinajstić information content (AvgIpc) is 2.78. The highest BCUT2D eigenvalue weighted by atomic mass is 16.4. The molecule has 96 valence electrons. The molecule has 1 aromatic heterocycles. The van der Waals surface area contributed by atoms with Crippen LogP contribution in [-0.2, 0) is 4.79 Å². The van der Waals surface area contributed by atoms with Crippen LogP contribution in [0.15, 0.2) is 18.3 Å². The Hall–Kier alpha value is -2.11. The molecule has 0 aliphatic heterocycles. The molecule has 1 aromatic rings. The molecule has 0 saturated heterocycles. The molecule has 0 radical (unpaired) electrons. The number of nitrogens with two attached hydrogens (primary N) is 1. The molecular weight excluding hydrogens is 234 g/mol. The number of aliphatic carboxylic acids is 1. The third-order valence-electron chi connectivity index (χ3n) is 3.18. The van der Waals surface area contributed by atoms with Crippen LogP contribution in [-0.4, -0.2) is 28.0 Å². The van der Waals surface area contributed by atoms with Crippen molar-refractivity contribution in [3.8, 4) is 0 Å². The molecule has 1 amide bonds. The summed E-state index contributed by atoms with van der Waals surface area (Å²) in [5, 5.41) is 12.0. The lowest BCUT2D eigenvalue weighted by molar-refractivity contribution is -0.141. The average molecular weight is 249 g/mol. The monoisotopic (exact) mass is 249 g/mol. The van der Waals surface area contributed by atoms with Crippen molar-refractivity contribution in [3.05, 3.63) is 23.9 Å². The predicted octanol–water partition coefficient (Wildman–Crippen LogP) is 0.846. The Morgan fingerprint density at radius 3 is 2.83 bits per heavy atom. The molecule has 0 bridgehead atoms. The summed E-state index contributed by atoms with van der Waals surface area (Å²) >= 11 is 0. The maximum atomic E-state index is 11.0. The van der Waals surface area contributed by atoms with Crippen molar-refractivity contribution in [1.82, 2.24) is 4.98 Å². The van der Waals surface area contributed by atoms with E-state index in [4.69, 9.17) is 10.8 Å². The van der Waals surface area contributed by atoms with Gasteiger partial charge in [-0.2, -0.15) is 0 Å². The van der Waals surface area contributed by atoms with Crippen LogP contribution in [0.1, 0.15) is 29.6 Å². The Morgan fingerprint density at radius 1 is 1.44 bits per heavy atom. The standard InChI is InChI=1S/C12H15N3O3/c13-11(16)7-3-4-14-10(6-7)15-9-2-1-8(5-9)12(17)18/h3-4,6,8-9H,1-2,5H2,(H2,13,16)(H,14,15)(H,17,18)/t8-,9+/m1/s1. The van der Waals surface area contributed by atoms with Crippen molar-refractivity contribution in [1.29, 1.82) is 0 Å². The minimum atomic E-state index is -0.752. The number of anilines is 1. The summed E-state index contributed by atoms with van der Waals surface area (Å²) in [4.78, 5) is 25.9. The van der Waals surface area contributed by atoms with Gasteiger partial charge in [0.2, 0.25) is 5.91 Å². The van der Waals surface area contributed by atoms with E-state index in [2.05, 4.69) is 10.3 Å². The first kappa shape index (κ1) is 12.3. The van der Waals surface area contributed by atoms with Gasteiger partial charge in [-0.25, -0.2) is 4.98 Å². The third-order valence-corrected chi connectivity index (χ3v) is 3.18. The molecule has 1 heterocycles. The maximum Gasteiger partial charge on any atom is 0.306 e. The van der Waals surface area contributed by atoms with Crippen LogP contribution in [0.2, 0.25) is 0 Å². The Bertz CT molecular complexity index is 475. The number of primary amides is 1. The molecule has 18 heavy (non-hydrogen) atoms. The topological polar surface area (TPSA) is 105 Å². The van der Waals surface area contributed by atoms with Crippen molar-refractivity contribution in [2.24, 2.45) is 11.7 Å². The number of nitrogens with one attached hydrogen (secondary N) is 1. The second-order valence-corrected chi connectivity index (χ2v) is 4.48. The van der Waals surface area contributed by atoms with Crippen molar-refractivity contribution >= 4 is 17.7 Å². The second kappa shape index (κ2) is 5.03. The first-order chi connectivity index (χ1) is 8.56. The zero-order valence-corrected chi connectivity index (χ0v) is 9.80. The SMILES string of the molecule is NC(=O)c1ccnc(N[C@H]2CC[C@@H](C(=O)O)C2)c1. The fourth-order valence-corrected chi connectivity index (χ4v) is 2.21. The number of rotatable bonds is 4. The van der Waals surface area contributed by atoms with Gasteiger partial charge in [-0.05, 0) is 31.4 Å². The highest BCUT2D eigenvalue weighted by Gasteiger charge is 2.29. The van der Waals surface area contributed by atoms with Crippen LogP contribution in [0.3, 0.4) is 0 Å². The van der Waals surface area contributed by atoms with Gasteiger partial charge in [0.05, 0.1) is 5.92 Å². The van der Waals surface area contributed by atoms with E-state index in [0.717, 1.165) is 6.42 Å². The number of nitrogens with zero attached hydrogens (tertiary/aromatic N) is 1. The van der Waals surface area contributed by atoms with Gasteiger partial charge >= 0.3 is 5.97 Å². The van der Waals surface area contributed by atoms with Gasteiger partial charge < -0.3 is 16.2 Å². The number of hydrogen-bond donors (Lipinski definition) is 3. The van der Waals surface area contributed by atoms with Gasteiger partial charge in [0, 0.05) is 17.8 Å². The number of pyridine rings is 1. The van der Waals surface area contributed by atoms with Crippen LogP contribution >= 0.6 is 0 Å². The minimum Gasteiger partial charge on any atom is -0.481 e. The molecule has 1 aliphatic carbocycles.